The lowest BCUT2D eigenvalue weighted by Crippen LogP contribution is -2.50. The topological polar surface area (TPSA) is 76.0 Å². The Kier molecular flexibility index (Phi) is 6.72. The molecule has 0 N–H and O–H groups in total. The number of carbonyl (C=O) groups is 1. The number of ether oxygens (including phenoxy) is 1. The van der Waals surface area contributed by atoms with Crippen LogP contribution in [0.15, 0.2) is 119 Å². The van der Waals surface area contributed by atoms with Crippen molar-refractivity contribution in [3.8, 4) is 0 Å². The number of carbonyl (C=O) groups excluding carboxylic acids is 1. The third kappa shape index (κ3) is 4.79. The molecule has 2 aliphatic rings. The molecule has 0 spiro atoms. The van der Waals surface area contributed by atoms with Crippen molar-refractivity contribution in [1.29, 1.82) is 0 Å². The molecular weight excluding hydrogens is 527 g/mol. The lowest BCUT2D eigenvalue weighted by molar-refractivity contribution is -0.139. The van der Waals surface area contributed by atoms with E-state index in [-0.39, 0.29) is 41.9 Å². The standard InChI is InChI=1S/C32H27FN2O4S/c33-26-17-15-23(16-18-26)21-32-29(39-30(34-32)24-9-3-1-4-10-24)28-14-8-7-11-25(28)22-35(31(32)36)19-20-40(37,38)27-12-5-2-6-13-27/h1-18,29H,19-22H2/t29-,32-/m0/s1. The highest BCUT2D eigenvalue weighted by Gasteiger charge is 2.56. The summed E-state index contributed by atoms with van der Waals surface area (Å²) in [6, 6.07) is 31.3. The van der Waals surface area contributed by atoms with Crippen LogP contribution in [0.25, 0.3) is 0 Å². The van der Waals surface area contributed by atoms with Crippen LogP contribution in [-0.4, -0.2) is 43.0 Å². The molecule has 0 unspecified atom stereocenters. The molecule has 0 fully saturated rings. The molecular formula is C32H27FN2O4S. The van der Waals surface area contributed by atoms with Crippen LogP contribution < -0.4 is 0 Å². The van der Waals surface area contributed by atoms with Gasteiger partial charge in [0.2, 0.25) is 5.90 Å². The van der Waals surface area contributed by atoms with Crippen molar-refractivity contribution in [2.45, 2.75) is 29.5 Å². The van der Waals surface area contributed by atoms with Crippen LogP contribution in [0.3, 0.4) is 0 Å². The number of nitrogens with zero attached hydrogens (tertiary/aromatic N) is 2. The molecule has 0 radical (unpaired) electrons. The molecule has 2 heterocycles. The lowest BCUT2D eigenvalue weighted by atomic mass is 9.81. The summed E-state index contributed by atoms with van der Waals surface area (Å²) in [5.41, 5.74) is 1.73. The molecule has 0 aromatic heterocycles. The normalized spacial score (nSPS) is 20.2. The number of sulfone groups is 1. The van der Waals surface area contributed by atoms with Gasteiger partial charge in [-0.25, -0.2) is 17.8 Å². The molecule has 2 atom stereocenters. The van der Waals surface area contributed by atoms with E-state index in [1.54, 1.807) is 47.4 Å². The van der Waals surface area contributed by atoms with Gasteiger partial charge in [-0.3, -0.25) is 4.79 Å². The summed E-state index contributed by atoms with van der Waals surface area (Å²) in [5, 5.41) is 0. The average Bonchev–Trinajstić information content (AvgIpc) is 3.33. The highest BCUT2D eigenvalue weighted by molar-refractivity contribution is 7.91. The molecule has 4 aromatic rings. The molecule has 0 saturated carbocycles. The maximum Gasteiger partial charge on any atom is 0.255 e. The predicted octanol–water partition coefficient (Wildman–Crippen LogP) is 5.14. The van der Waals surface area contributed by atoms with Crippen molar-refractivity contribution < 1.29 is 22.3 Å². The first-order valence-electron chi connectivity index (χ1n) is 13.1. The van der Waals surface area contributed by atoms with Crippen LogP contribution in [0, 0.1) is 5.82 Å². The molecule has 4 aromatic carbocycles. The van der Waals surface area contributed by atoms with Crippen LogP contribution in [0.4, 0.5) is 4.39 Å². The van der Waals surface area contributed by atoms with Crippen LogP contribution in [0.1, 0.15) is 28.4 Å². The predicted molar refractivity (Wildman–Crippen MR) is 150 cm³/mol. The SMILES string of the molecule is O=C1N(CCS(=O)(=O)c2ccccc2)Cc2ccccc2[C@@H]2OC(c3ccccc3)=N[C@]12Cc1ccc(F)cc1. The molecule has 2 aliphatic heterocycles. The maximum atomic E-state index is 14.6. The lowest BCUT2D eigenvalue weighted by Gasteiger charge is -2.32. The van der Waals surface area contributed by atoms with E-state index in [2.05, 4.69) is 0 Å². The van der Waals surface area contributed by atoms with E-state index in [0.717, 1.165) is 22.3 Å². The van der Waals surface area contributed by atoms with Crippen LogP contribution in [0.5, 0.6) is 0 Å². The van der Waals surface area contributed by atoms with E-state index in [4.69, 9.17) is 9.73 Å². The minimum Gasteiger partial charge on any atom is -0.466 e. The Morgan fingerprint density at radius 1 is 0.875 bits per heavy atom. The van der Waals surface area contributed by atoms with Gasteiger partial charge in [-0.2, -0.15) is 0 Å². The number of benzene rings is 4. The van der Waals surface area contributed by atoms with Gasteiger partial charge in [0.05, 0.1) is 10.6 Å². The van der Waals surface area contributed by atoms with E-state index in [0.29, 0.717) is 5.90 Å². The Morgan fingerprint density at radius 2 is 1.52 bits per heavy atom. The number of rotatable bonds is 7. The van der Waals surface area contributed by atoms with Crippen molar-refractivity contribution in [1.82, 2.24) is 4.90 Å². The van der Waals surface area contributed by atoms with Gasteiger partial charge in [0.1, 0.15) is 5.82 Å². The summed E-state index contributed by atoms with van der Waals surface area (Å²) in [7, 11) is -3.63. The molecule has 0 saturated heterocycles. The minimum absolute atomic E-state index is 0.0154. The van der Waals surface area contributed by atoms with Crippen molar-refractivity contribution in [3.63, 3.8) is 0 Å². The second kappa shape index (κ2) is 10.4. The summed E-state index contributed by atoms with van der Waals surface area (Å²) in [6.07, 6.45) is -0.587. The Hall–Kier alpha value is -4.30. The summed E-state index contributed by atoms with van der Waals surface area (Å²) >= 11 is 0. The van der Waals surface area contributed by atoms with Gasteiger partial charge >= 0.3 is 0 Å². The fraction of sp³-hybridized carbons (Fsp3) is 0.188. The summed E-state index contributed by atoms with van der Waals surface area (Å²) in [4.78, 5) is 21.4. The van der Waals surface area contributed by atoms with Crippen LogP contribution in [0.2, 0.25) is 0 Å². The van der Waals surface area contributed by atoms with E-state index in [9.17, 15) is 17.6 Å². The summed E-state index contributed by atoms with van der Waals surface area (Å²) < 4.78 is 46.6. The van der Waals surface area contributed by atoms with Crippen molar-refractivity contribution in [3.05, 3.63) is 137 Å². The number of fused-ring (bicyclic) bond motifs is 3. The van der Waals surface area contributed by atoms with Gasteiger partial charge in [0, 0.05) is 30.6 Å². The zero-order valence-corrected chi connectivity index (χ0v) is 22.4. The Balaban J connectivity index is 1.45. The highest BCUT2D eigenvalue weighted by atomic mass is 32.2. The number of halogens is 1. The smallest absolute Gasteiger partial charge is 0.255 e. The van der Waals surface area contributed by atoms with Crippen molar-refractivity contribution in [2.75, 3.05) is 12.3 Å². The van der Waals surface area contributed by atoms with E-state index >= 15 is 0 Å². The average molecular weight is 555 g/mol. The van der Waals surface area contributed by atoms with Crippen LogP contribution >= 0.6 is 0 Å². The molecule has 0 bridgehead atoms. The van der Waals surface area contributed by atoms with Crippen molar-refractivity contribution >= 4 is 21.6 Å². The van der Waals surface area contributed by atoms with Gasteiger partial charge in [-0.1, -0.05) is 72.8 Å². The highest BCUT2D eigenvalue weighted by Crippen LogP contribution is 2.46. The van der Waals surface area contributed by atoms with Crippen molar-refractivity contribution in [2.24, 2.45) is 4.99 Å². The van der Waals surface area contributed by atoms with Gasteiger partial charge < -0.3 is 9.64 Å². The first-order chi connectivity index (χ1) is 19.4. The fourth-order valence-corrected chi connectivity index (χ4v) is 6.70. The second-order valence-corrected chi connectivity index (χ2v) is 12.2. The first kappa shape index (κ1) is 26.0. The summed E-state index contributed by atoms with van der Waals surface area (Å²) in [6.45, 7) is 0.207. The fourth-order valence-electron chi connectivity index (χ4n) is 5.43. The van der Waals surface area contributed by atoms with E-state index in [1.165, 1.54) is 12.1 Å². The van der Waals surface area contributed by atoms with E-state index < -0.39 is 21.5 Å². The third-order valence-corrected chi connectivity index (χ3v) is 9.17. The van der Waals surface area contributed by atoms with Gasteiger partial charge in [-0.15, -0.1) is 0 Å². The Bertz CT molecular complexity index is 1680. The van der Waals surface area contributed by atoms with Crippen LogP contribution in [-0.2, 0) is 32.3 Å². The number of hydrogen-bond acceptors (Lipinski definition) is 5. The molecule has 6 nitrogen and oxygen atoms in total. The molecule has 202 valence electrons. The zero-order valence-electron chi connectivity index (χ0n) is 21.6. The molecule has 0 aliphatic carbocycles. The van der Waals surface area contributed by atoms with Gasteiger partial charge in [-0.05, 0) is 47.5 Å². The molecule has 6 rings (SSSR count). The number of aliphatic imine (C=N–C) groups is 1. The molecule has 40 heavy (non-hydrogen) atoms. The molecule has 1 amide bonds. The number of hydrogen-bond donors (Lipinski definition) is 0. The Morgan fingerprint density at radius 3 is 2.25 bits per heavy atom. The first-order valence-corrected chi connectivity index (χ1v) is 14.7. The quantitative estimate of drug-likeness (QED) is 0.317. The van der Waals surface area contributed by atoms with E-state index in [1.807, 2.05) is 54.6 Å². The largest absolute Gasteiger partial charge is 0.466 e. The Labute approximate surface area is 232 Å². The maximum absolute atomic E-state index is 14.6. The minimum atomic E-state index is -3.63. The summed E-state index contributed by atoms with van der Waals surface area (Å²) in [5.74, 6) is -0.598. The second-order valence-electron chi connectivity index (χ2n) is 10.1. The third-order valence-electron chi connectivity index (χ3n) is 7.46. The zero-order chi connectivity index (χ0) is 27.7. The number of amides is 1. The van der Waals surface area contributed by atoms with Gasteiger partial charge in [0.15, 0.2) is 21.5 Å². The molecule has 8 heteroatoms. The monoisotopic (exact) mass is 554 g/mol. The van der Waals surface area contributed by atoms with Gasteiger partial charge in [0.25, 0.3) is 5.91 Å².